The fraction of sp³-hybridized carbons (Fsp3) is 0.357. The Morgan fingerprint density at radius 3 is 2.70 bits per heavy atom. The summed E-state index contributed by atoms with van der Waals surface area (Å²) in [6, 6.07) is 4.31. The zero-order valence-electron chi connectivity index (χ0n) is 11.7. The Morgan fingerprint density at radius 1 is 1.45 bits per heavy atom. The van der Waals surface area contributed by atoms with Crippen LogP contribution in [0.5, 0.6) is 0 Å². The fourth-order valence-electron chi connectivity index (χ4n) is 2.28. The van der Waals surface area contributed by atoms with Gasteiger partial charge >= 0.3 is 5.97 Å². The van der Waals surface area contributed by atoms with Crippen LogP contribution >= 0.6 is 0 Å². The van der Waals surface area contributed by atoms with E-state index in [0.29, 0.717) is 17.5 Å². The van der Waals surface area contributed by atoms with Crippen molar-refractivity contribution in [1.29, 1.82) is 0 Å². The van der Waals surface area contributed by atoms with Crippen molar-refractivity contribution in [2.24, 2.45) is 0 Å². The van der Waals surface area contributed by atoms with E-state index in [1.165, 1.54) is 6.07 Å². The molecule has 1 amide bonds. The van der Waals surface area contributed by atoms with Crippen LogP contribution in [0.4, 0.5) is 0 Å². The zero-order chi connectivity index (χ0) is 14.9. The maximum absolute atomic E-state index is 11.9. The second kappa shape index (κ2) is 5.32. The number of nitrogens with one attached hydrogen (secondary N) is 1. The van der Waals surface area contributed by atoms with E-state index in [4.69, 9.17) is 5.11 Å². The number of aromatic carboxylic acids is 1. The van der Waals surface area contributed by atoms with Crippen LogP contribution in [0.25, 0.3) is 11.0 Å². The first-order valence-corrected chi connectivity index (χ1v) is 6.45. The number of imidazole rings is 1. The lowest BCUT2D eigenvalue weighted by atomic mass is 10.2. The molecule has 0 radical (unpaired) electrons. The number of carboxylic acids is 1. The maximum Gasteiger partial charge on any atom is 0.335 e. The van der Waals surface area contributed by atoms with Crippen molar-refractivity contribution in [3.63, 3.8) is 0 Å². The molecule has 0 spiro atoms. The topological polar surface area (TPSA) is 84.2 Å². The Morgan fingerprint density at radius 2 is 2.15 bits per heavy atom. The summed E-state index contributed by atoms with van der Waals surface area (Å²) in [6.45, 7) is 3.72. The molecule has 2 rings (SSSR count). The lowest BCUT2D eigenvalue weighted by Gasteiger charge is -2.15. The van der Waals surface area contributed by atoms with Gasteiger partial charge < -0.3 is 15.0 Å². The summed E-state index contributed by atoms with van der Waals surface area (Å²) in [7, 11) is 1.58. The molecule has 1 aromatic heterocycles. The largest absolute Gasteiger partial charge is 0.478 e. The molecule has 6 nitrogen and oxygen atoms in total. The number of benzene rings is 1. The molecule has 1 heterocycles. The van der Waals surface area contributed by atoms with Crippen molar-refractivity contribution >= 4 is 22.9 Å². The van der Waals surface area contributed by atoms with Crippen LogP contribution in [-0.4, -0.2) is 33.6 Å². The molecule has 106 valence electrons. The van der Waals surface area contributed by atoms with Gasteiger partial charge in [-0.25, -0.2) is 9.78 Å². The molecule has 0 saturated heterocycles. The maximum atomic E-state index is 11.9. The summed E-state index contributed by atoms with van der Waals surface area (Å²) in [5, 5.41) is 11.7. The lowest BCUT2D eigenvalue weighted by molar-refractivity contribution is -0.123. The minimum absolute atomic E-state index is 0.139. The summed E-state index contributed by atoms with van der Waals surface area (Å²) in [5.41, 5.74) is 1.55. The van der Waals surface area contributed by atoms with Crippen LogP contribution in [0, 0.1) is 0 Å². The van der Waals surface area contributed by atoms with Gasteiger partial charge in [0, 0.05) is 13.5 Å². The summed E-state index contributed by atoms with van der Waals surface area (Å²) in [5.74, 6) is -0.372. The predicted octanol–water partition coefficient (Wildman–Crippen LogP) is 1.60. The molecule has 20 heavy (non-hydrogen) atoms. The number of rotatable bonds is 4. The fourth-order valence-corrected chi connectivity index (χ4v) is 2.28. The van der Waals surface area contributed by atoms with E-state index in [2.05, 4.69) is 10.3 Å². The summed E-state index contributed by atoms with van der Waals surface area (Å²) in [6.07, 6.45) is 0.665. The third-order valence-corrected chi connectivity index (χ3v) is 3.34. The number of fused-ring (bicyclic) bond motifs is 1. The van der Waals surface area contributed by atoms with Crippen molar-refractivity contribution in [2.45, 2.75) is 26.3 Å². The molecule has 0 fully saturated rings. The quantitative estimate of drug-likeness (QED) is 0.887. The molecule has 0 aliphatic carbocycles. The monoisotopic (exact) mass is 275 g/mol. The van der Waals surface area contributed by atoms with Gasteiger partial charge in [0.25, 0.3) is 0 Å². The van der Waals surface area contributed by atoms with Crippen LogP contribution in [-0.2, 0) is 11.2 Å². The Bertz CT molecular complexity index is 676. The van der Waals surface area contributed by atoms with Crippen LogP contribution in [0.15, 0.2) is 18.2 Å². The van der Waals surface area contributed by atoms with E-state index < -0.39 is 12.0 Å². The van der Waals surface area contributed by atoms with Gasteiger partial charge in [0.15, 0.2) is 0 Å². The van der Waals surface area contributed by atoms with E-state index in [1.54, 1.807) is 30.7 Å². The first kappa shape index (κ1) is 14.0. The number of carbonyl (C=O) groups excluding carboxylic acids is 1. The Kier molecular flexibility index (Phi) is 3.74. The summed E-state index contributed by atoms with van der Waals surface area (Å²) in [4.78, 5) is 27.4. The smallest absolute Gasteiger partial charge is 0.335 e. The second-order valence-electron chi connectivity index (χ2n) is 4.55. The van der Waals surface area contributed by atoms with E-state index >= 15 is 0 Å². The van der Waals surface area contributed by atoms with Gasteiger partial charge in [-0.1, -0.05) is 6.92 Å². The zero-order valence-corrected chi connectivity index (χ0v) is 11.7. The normalized spacial score (nSPS) is 12.3. The molecular formula is C14H17N3O3. The highest BCUT2D eigenvalue weighted by atomic mass is 16.4. The van der Waals surface area contributed by atoms with Crippen LogP contribution in [0.1, 0.15) is 36.1 Å². The molecule has 2 N–H and O–H groups in total. The number of likely N-dealkylation sites (N-methyl/N-ethyl adjacent to an activating group) is 1. The number of hydrogen-bond acceptors (Lipinski definition) is 3. The number of carboxylic acid groups (broad SMARTS) is 1. The van der Waals surface area contributed by atoms with Gasteiger partial charge in [0.2, 0.25) is 5.91 Å². The Hall–Kier alpha value is -2.37. The Balaban J connectivity index is 2.68. The number of aromatic nitrogens is 2. The standard InChI is InChI=1S/C14H17N3O3/c1-4-12-16-10-6-5-9(14(19)20)7-11(10)17(12)8(2)13(18)15-3/h5-8H,4H2,1-3H3,(H,15,18)(H,19,20). The van der Waals surface area contributed by atoms with Crippen molar-refractivity contribution in [3.05, 3.63) is 29.6 Å². The van der Waals surface area contributed by atoms with Crippen LogP contribution < -0.4 is 5.32 Å². The first-order valence-electron chi connectivity index (χ1n) is 6.45. The molecule has 2 aromatic rings. The highest BCUT2D eigenvalue weighted by Gasteiger charge is 2.20. The molecule has 0 aliphatic heterocycles. The highest BCUT2D eigenvalue weighted by molar-refractivity contribution is 5.93. The molecule has 1 atom stereocenters. The average Bonchev–Trinajstić information content (AvgIpc) is 2.82. The van der Waals surface area contributed by atoms with E-state index in [-0.39, 0.29) is 11.5 Å². The first-order chi connectivity index (χ1) is 9.49. The average molecular weight is 275 g/mol. The summed E-state index contributed by atoms with van der Waals surface area (Å²) >= 11 is 0. The van der Waals surface area contributed by atoms with Crippen molar-refractivity contribution in [3.8, 4) is 0 Å². The predicted molar refractivity (Wildman–Crippen MR) is 74.8 cm³/mol. The van der Waals surface area contributed by atoms with Gasteiger partial charge in [0.1, 0.15) is 11.9 Å². The number of hydrogen-bond donors (Lipinski definition) is 2. The minimum Gasteiger partial charge on any atom is -0.478 e. The van der Waals surface area contributed by atoms with Gasteiger partial charge in [-0.3, -0.25) is 4.79 Å². The molecule has 6 heteroatoms. The molecule has 0 bridgehead atoms. The third-order valence-electron chi connectivity index (χ3n) is 3.34. The second-order valence-corrected chi connectivity index (χ2v) is 4.55. The molecule has 1 unspecified atom stereocenters. The van der Waals surface area contributed by atoms with Crippen molar-refractivity contribution in [1.82, 2.24) is 14.9 Å². The highest BCUT2D eigenvalue weighted by Crippen LogP contribution is 2.23. The molecule has 0 saturated carbocycles. The van der Waals surface area contributed by atoms with Crippen molar-refractivity contribution in [2.75, 3.05) is 7.05 Å². The van der Waals surface area contributed by atoms with Gasteiger partial charge in [0.05, 0.1) is 16.6 Å². The SMILES string of the molecule is CCc1nc2ccc(C(=O)O)cc2n1C(C)C(=O)NC. The van der Waals surface area contributed by atoms with Gasteiger partial charge in [-0.2, -0.15) is 0 Å². The lowest BCUT2D eigenvalue weighted by Crippen LogP contribution is -2.28. The number of carbonyl (C=O) groups is 2. The van der Waals surface area contributed by atoms with Crippen LogP contribution in [0.3, 0.4) is 0 Å². The van der Waals surface area contributed by atoms with Gasteiger partial charge in [-0.05, 0) is 25.1 Å². The molecular weight excluding hydrogens is 258 g/mol. The third kappa shape index (κ3) is 2.24. The molecule has 1 aromatic carbocycles. The van der Waals surface area contributed by atoms with Crippen LogP contribution in [0.2, 0.25) is 0 Å². The summed E-state index contributed by atoms with van der Waals surface area (Å²) < 4.78 is 1.79. The van der Waals surface area contributed by atoms with Crippen molar-refractivity contribution < 1.29 is 14.7 Å². The number of aryl methyl sites for hydroxylation is 1. The Labute approximate surface area is 116 Å². The van der Waals surface area contributed by atoms with Gasteiger partial charge in [-0.15, -0.1) is 0 Å². The van der Waals surface area contributed by atoms with E-state index in [9.17, 15) is 9.59 Å². The van der Waals surface area contributed by atoms with E-state index in [1.807, 2.05) is 6.92 Å². The minimum atomic E-state index is -0.995. The number of nitrogens with zero attached hydrogens (tertiary/aromatic N) is 2. The molecule has 0 aliphatic rings. The van der Waals surface area contributed by atoms with E-state index in [0.717, 1.165) is 5.82 Å². The number of amides is 1.